The number of hydrogen-bond donors (Lipinski definition) is 0. The minimum absolute atomic E-state index is 0.107. The summed E-state index contributed by atoms with van der Waals surface area (Å²) in [6.07, 6.45) is 1.66. The number of piperidine rings is 1. The van der Waals surface area contributed by atoms with E-state index in [1.807, 2.05) is 12.1 Å². The molecule has 2 bridgehead atoms. The number of ether oxygens (including phenoxy) is 4. The van der Waals surface area contributed by atoms with Gasteiger partial charge < -0.3 is 23.8 Å². The fraction of sp³-hybridized carbons (Fsp3) is 0.455. The van der Waals surface area contributed by atoms with Crippen LogP contribution in [-0.4, -0.2) is 79.1 Å². The number of likely N-dealkylation sites (N-methyl/N-ethyl adjacent to an activating group) is 1. The maximum Gasteiger partial charge on any atom is 0.573 e. The number of halogens is 3. The van der Waals surface area contributed by atoms with E-state index < -0.39 is 23.5 Å². The number of esters is 1. The molecule has 1 spiro atoms. The van der Waals surface area contributed by atoms with Crippen LogP contribution in [0.3, 0.4) is 0 Å². The van der Waals surface area contributed by atoms with E-state index in [0.717, 1.165) is 17.7 Å². The molecule has 0 N–H and O–H groups in total. The Morgan fingerprint density at radius 2 is 2.02 bits per heavy atom. The fourth-order valence-corrected chi connectivity index (χ4v) is 8.23. The van der Waals surface area contributed by atoms with Crippen LogP contribution in [-0.2, 0) is 26.2 Å². The van der Waals surface area contributed by atoms with E-state index in [1.165, 1.54) is 37.3 Å². The zero-order chi connectivity index (χ0) is 31.4. The smallest absolute Gasteiger partial charge is 0.493 e. The molecule has 1 saturated carbocycles. The van der Waals surface area contributed by atoms with Crippen molar-refractivity contribution in [3.63, 3.8) is 0 Å². The lowest BCUT2D eigenvalue weighted by Crippen LogP contribution is -2.79. The van der Waals surface area contributed by atoms with Crippen molar-refractivity contribution in [2.24, 2.45) is 0 Å². The van der Waals surface area contributed by atoms with Crippen molar-refractivity contribution in [1.82, 2.24) is 9.80 Å². The molecule has 2 aromatic carbocycles. The monoisotopic (exact) mass is 612 g/mol. The van der Waals surface area contributed by atoms with Crippen molar-refractivity contribution in [1.29, 1.82) is 0 Å². The van der Waals surface area contributed by atoms with Crippen molar-refractivity contribution in [3.05, 3.63) is 71.8 Å². The first-order valence-corrected chi connectivity index (χ1v) is 14.7. The molecule has 2 aliphatic carbocycles. The van der Waals surface area contributed by atoms with Gasteiger partial charge in [-0.3, -0.25) is 14.5 Å². The average Bonchev–Trinajstić information content (AvgIpc) is 3.31. The highest BCUT2D eigenvalue weighted by molar-refractivity contribution is 5.92. The highest BCUT2D eigenvalue weighted by atomic mass is 19.4. The van der Waals surface area contributed by atoms with Crippen LogP contribution in [0.25, 0.3) is 6.08 Å². The molecule has 11 heteroatoms. The van der Waals surface area contributed by atoms with Gasteiger partial charge in [-0.1, -0.05) is 24.3 Å². The first-order chi connectivity index (χ1) is 20.9. The van der Waals surface area contributed by atoms with Crippen molar-refractivity contribution >= 4 is 18.0 Å². The molecule has 2 heterocycles. The number of carbonyl (C=O) groups excluding carboxylic acids is 2. The van der Waals surface area contributed by atoms with Crippen LogP contribution in [0.1, 0.15) is 42.9 Å². The Bertz CT molecular complexity index is 1530. The molecule has 1 saturated heterocycles. The summed E-state index contributed by atoms with van der Waals surface area (Å²) in [7, 11) is 3.29. The SMILES string of the molecule is C=CCN1CC[C@]23c4c5ccc(OC)c4O[C@H]2[C@H](N(C)C(=O)C=Cc2cccc(OC(F)(F)F)c2)CC[C@@]3(OC(C)=O)[C@H]1C5. The van der Waals surface area contributed by atoms with E-state index in [2.05, 4.69) is 22.3 Å². The van der Waals surface area contributed by atoms with E-state index in [-0.39, 0.29) is 29.7 Å². The normalized spacial score (nSPS) is 28.5. The number of benzene rings is 2. The van der Waals surface area contributed by atoms with Crippen LogP contribution >= 0.6 is 0 Å². The van der Waals surface area contributed by atoms with E-state index in [4.69, 9.17) is 14.2 Å². The van der Waals surface area contributed by atoms with Crippen molar-refractivity contribution < 1.29 is 41.7 Å². The van der Waals surface area contributed by atoms with Gasteiger partial charge >= 0.3 is 12.3 Å². The van der Waals surface area contributed by atoms with Crippen LogP contribution in [0.5, 0.6) is 17.2 Å². The zero-order valence-corrected chi connectivity index (χ0v) is 24.9. The average molecular weight is 613 g/mol. The van der Waals surface area contributed by atoms with Gasteiger partial charge in [0.05, 0.1) is 24.6 Å². The fourth-order valence-electron chi connectivity index (χ4n) is 8.23. The summed E-state index contributed by atoms with van der Waals surface area (Å²) in [5.74, 6) is 0.148. The van der Waals surface area contributed by atoms with E-state index in [1.54, 1.807) is 25.1 Å². The number of rotatable bonds is 8. The van der Waals surface area contributed by atoms with Gasteiger partial charge in [-0.05, 0) is 61.1 Å². The molecule has 5 atom stereocenters. The van der Waals surface area contributed by atoms with Gasteiger partial charge in [-0.2, -0.15) is 0 Å². The van der Waals surface area contributed by atoms with Gasteiger partial charge in [-0.25, -0.2) is 0 Å². The summed E-state index contributed by atoms with van der Waals surface area (Å²) in [6.45, 7) is 6.77. The van der Waals surface area contributed by atoms with Crippen molar-refractivity contribution in [2.45, 2.75) is 68.2 Å². The van der Waals surface area contributed by atoms with Crippen LogP contribution in [0.15, 0.2) is 55.1 Å². The predicted octanol–water partition coefficient (Wildman–Crippen LogP) is 5.05. The molecule has 0 aromatic heterocycles. The Morgan fingerprint density at radius 1 is 1.23 bits per heavy atom. The minimum atomic E-state index is -4.82. The number of hydrogen-bond acceptors (Lipinski definition) is 7. The number of alkyl halides is 3. The first-order valence-electron chi connectivity index (χ1n) is 14.7. The largest absolute Gasteiger partial charge is 0.573 e. The maximum atomic E-state index is 13.6. The molecule has 2 fully saturated rings. The second kappa shape index (κ2) is 10.9. The van der Waals surface area contributed by atoms with Gasteiger partial charge in [0.2, 0.25) is 5.91 Å². The summed E-state index contributed by atoms with van der Waals surface area (Å²) in [5.41, 5.74) is 0.890. The van der Waals surface area contributed by atoms with Gasteiger partial charge in [0, 0.05) is 38.7 Å². The van der Waals surface area contributed by atoms with Gasteiger partial charge in [0.1, 0.15) is 17.5 Å². The lowest BCUT2D eigenvalue weighted by atomic mass is 9.48. The quantitative estimate of drug-likeness (QED) is 0.235. The Balaban J connectivity index is 1.37. The van der Waals surface area contributed by atoms with Gasteiger partial charge in [-0.15, -0.1) is 19.8 Å². The molecule has 1 amide bonds. The van der Waals surface area contributed by atoms with E-state index in [0.29, 0.717) is 49.3 Å². The summed E-state index contributed by atoms with van der Waals surface area (Å²) in [5, 5.41) is 0. The molecule has 44 heavy (non-hydrogen) atoms. The third-order valence-corrected chi connectivity index (χ3v) is 9.75. The summed E-state index contributed by atoms with van der Waals surface area (Å²) in [6, 6.07) is 8.90. The number of nitrogens with zero attached hydrogens (tertiary/aromatic N) is 2. The molecular weight excluding hydrogens is 577 g/mol. The summed E-state index contributed by atoms with van der Waals surface area (Å²) in [4.78, 5) is 30.3. The standard InChI is InChI=1S/C33H35F3N2O6/c1-5-16-38-17-15-31-28-22-10-11-25(41-4)29(28)42-30(31)24(13-14-32(31,26(38)19-22)43-20(2)39)37(3)27(40)12-9-21-7-6-8-23(18-21)44-33(34,35)36/h5-12,18,24,26,30H,1,13-17,19H2,2-4H3/t24-,26-,30+,31+,32-/m1/s1. The van der Waals surface area contributed by atoms with Crippen LogP contribution in [0.2, 0.25) is 0 Å². The second-order valence-electron chi connectivity index (χ2n) is 11.9. The van der Waals surface area contributed by atoms with E-state index >= 15 is 0 Å². The second-order valence-corrected chi connectivity index (χ2v) is 11.9. The van der Waals surface area contributed by atoms with Crippen molar-refractivity contribution in [2.75, 3.05) is 27.2 Å². The molecular formula is C33H35F3N2O6. The first kappa shape index (κ1) is 30.1. The maximum absolute atomic E-state index is 13.6. The number of carbonyl (C=O) groups is 2. The third-order valence-electron chi connectivity index (χ3n) is 9.75. The Morgan fingerprint density at radius 3 is 2.73 bits per heavy atom. The zero-order valence-electron chi connectivity index (χ0n) is 24.9. The summed E-state index contributed by atoms with van der Waals surface area (Å²) < 4.78 is 61.1. The molecule has 0 radical (unpaired) electrons. The van der Waals surface area contributed by atoms with E-state index in [9.17, 15) is 22.8 Å². The number of likely N-dealkylation sites (tertiary alicyclic amines) is 1. The van der Waals surface area contributed by atoms with Crippen LogP contribution in [0, 0.1) is 0 Å². The molecule has 6 rings (SSSR count). The molecule has 234 valence electrons. The van der Waals surface area contributed by atoms with Crippen molar-refractivity contribution in [3.8, 4) is 17.2 Å². The molecule has 8 nitrogen and oxygen atoms in total. The lowest BCUT2D eigenvalue weighted by molar-refractivity contribution is -0.274. The molecule has 4 aliphatic rings. The van der Waals surface area contributed by atoms with Crippen LogP contribution < -0.4 is 14.2 Å². The summed E-state index contributed by atoms with van der Waals surface area (Å²) >= 11 is 0. The Labute approximate surface area is 254 Å². The highest BCUT2D eigenvalue weighted by Crippen LogP contribution is 2.67. The third kappa shape index (κ3) is 4.63. The highest BCUT2D eigenvalue weighted by Gasteiger charge is 2.75. The topological polar surface area (TPSA) is 77.5 Å². The molecule has 0 unspecified atom stereocenters. The minimum Gasteiger partial charge on any atom is -0.493 e. The van der Waals surface area contributed by atoms with Gasteiger partial charge in [0.25, 0.3) is 0 Å². The predicted molar refractivity (Wildman–Crippen MR) is 155 cm³/mol. The molecule has 2 aliphatic heterocycles. The van der Waals surface area contributed by atoms with Crippen LogP contribution in [0.4, 0.5) is 13.2 Å². The number of methoxy groups -OCH3 is 1. The Kier molecular flexibility index (Phi) is 7.42. The lowest BCUT2D eigenvalue weighted by Gasteiger charge is -2.65. The Hall–Kier alpha value is -3.99. The number of amides is 1. The van der Waals surface area contributed by atoms with Gasteiger partial charge in [0.15, 0.2) is 11.5 Å². The molecule has 2 aromatic rings.